The molecule has 1 saturated heterocycles. The lowest BCUT2D eigenvalue weighted by Crippen LogP contribution is -2.49. The number of aryl methyl sites for hydroxylation is 2. The van der Waals surface area contributed by atoms with Gasteiger partial charge in [-0.2, -0.15) is 0 Å². The Hall–Kier alpha value is -3.99. The van der Waals surface area contributed by atoms with E-state index in [-0.39, 0.29) is 23.7 Å². The number of H-pyrrole nitrogens is 1. The molecule has 3 aromatic heterocycles. The maximum atomic E-state index is 6.73. The highest BCUT2D eigenvalue weighted by molar-refractivity contribution is 5.87. The van der Waals surface area contributed by atoms with Crippen molar-refractivity contribution in [1.82, 2.24) is 29.4 Å². The number of hydrogen-bond donors (Lipinski definition) is 2. The minimum Gasteiger partial charge on any atom is -0.497 e. The second-order valence-corrected chi connectivity index (χ2v) is 18.5. The van der Waals surface area contributed by atoms with Gasteiger partial charge in [-0.25, -0.2) is 15.0 Å². The number of nitrogens with one attached hydrogen (secondary N) is 2. The summed E-state index contributed by atoms with van der Waals surface area (Å²) in [6.07, 6.45) is 9.51. The zero-order chi connectivity index (χ0) is 38.6. The number of methoxy groups -OCH3 is 1. The topological polar surface area (TPSA) is 102 Å². The van der Waals surface area contributed by atoms with Crippen molar-refractivity contribution in [3.8, 4) is 5.75 Å². The predicted molar refractivity (Wildman–Crippen MR) is 220 cm³/mol. The SMILES string of the molecule is COc1ccc(CNc2ncnc3c2ccn3[C@@H]2C[C@H](CN(CC(C)C)C3CC(CCc4nc5ccc(C(C)(C)C)cc5[nH]4)C3)[C@H]3OC(C)(C)O[C@H]32)c(C)c1. The van der Waals surface area contributed by atoms with Crippen molar-refractivity contribution in [3.05, 3.63) is 77.5 Å². The lowest BCUT2D eigenvalue weighted by molar-refractivity contribution is -0.161. The first-order chi connectivity index (χ1) is 26.2. The fourth-order valence-corrected chi connectivity index (χ4v) is 9.43. The van der Waals surface area contributed by atoms with Crippen molar-refractivity contribution in [2.24, 2.45) is 17.8 Å². The fraction of sp³-hybridized carbons (Fsp3) is 0.578. The fourth-order valence-electron chi connectivity index (χ4n) is 9.43. The molecular formula is C45H61N7O3. The summed E-state index contributed by atoms with van der Waals surface area (Å²) in [5, 5.41) is 4.60. The smallest absolute Gasteiger partial charge is 0.163 e. The number of nitrogens with zero attached hydrogens (tertiary/aromatic N) is 5. The minimum absolute atomic E-state index is 0.0346. The molecule has 294 valence electrons. The molecule has 5 aromatic rings. The highest BCUT2D eigenvalue weighted by Crippen LogP contribution is 2.49. The number of aromatic nitrogens is 5. The molecule has 2 saturated carbocycles. The van der Waals surface area contributed by atoms with E-state index in [1.165, 1.54) is 36.0 Å². The summed E-state index contributed by atoms with van der Waals surface area (Å²) < 4.78 is 21.2. The average Bonchev–Trinajstić information content (AvgIpc) is 3.87. The van der Waals surface area contributed by atoms with E-state index in [4.69, 9.17) is 24.2 Å². The molecule has 2 aliphatic carbocycles. The molecule has 1 aliphatic heterocycles. The predicted octanol–water partition coefficient (Wildman–Crippen LogP) is 8.98. The van der Waals surface area contributed by atoms with Crippen LogP contribution in [0, 0.1) is 24.7 Å². The Labute approximate surface area is 326 Å². The summed E-state index contributed by atoms with van der Waals surface area (Å²) >= 11 is 0. The third kappa shape index (κ3) is 7.87. The Morgan fingerprint density at radius 2 is 1.84 bits per heavy atom. The van der Waals surface area contributed by atoms with Gasteiger partial charge in [0.15, 0.2) is 5.79 Å². The van der Waals surface area contributed by atoms with E-state index in [1.807, 2.05) is 6.07 Å². The molecule has 0 bridgehead atoms. The number of imidazole rings is 1. The Kier molecular flexibility index (Phi) is 10.2. The van der Waals surface area contributed by atoms with Crippen LogP contribution in [0.1, 0.15) is 103 Å². The van der Waals surface area contributed by atoms with E-state index in [0.29, 0.717) is 24.4 Å². The van der Waals surface area contributed by atoms with Crippen molar-refractivity contribution in [2.75, 3.05) is 25.5 Å². The van der Waals surface area contributed by atoms with Gasteiger partial charge in [0.25, 0.3) is 0 Å². The van der Waals surface area contributed by atoms with Crippen LogP contribution in [0.4, 0.5) is 5.82 Å². The molecule has 10 heteroatoms. The summed E-state index contributed by atoms with van der Waals surface area (Å²) in [5.41, 5.74) is 7.02. The lowest BCUT2D eigenvalue weighted by atomic mass is 9.76. The largest absolute Gasteiger partial charge is 0.497 e. The van der Waals surface area contributed by atoms with Gasteiger partial charge in [-0.05, 0) is 111 Å². The maximum absolute atomic E-state index is 6.73. The molecular weight excluding hydrogens is 687 g/mol. The molecule has 2 aromatic carbocycles. The monoisotopic (exact) mass is 747 g/mol. The van der Waals surface area contributed by atoms with Crippen LogP contribution in [0.5, 0.6) is 5.75 Å². The number of ether oxygens (including phenoxy) is 3. The summed E-state index contributed by atoms with van der Waals surface area (Å²) in [4.78, 5) is 20.8. The van der Waals surface area contributed by atoms with E-state index in [2.05, 4.69) is 123 Å². The average molecular weight is 748 g/mol. The van der Waals surface area contributed by atoms with Crippen LogP contribution in [0.15, 0.2) is 55.0 Å². The molecule has 8 rings (SSSR count). The maximum Gasteiger partial charge on any atom is 0.163 e. The Morgan fingerprint density at radius 1 is 1.04 bits per heavy atom. The molecule has 4 heterocycles. The molecule has 0 spiro atoms. The zero-order valence-corrected chi connectivity index (χ0v) is 34.4. The quantitative estimate of drug-likeness (QED) is 0.123. The molecule has 0 radical (unpaired) electrons. The van der Waals surface area contributed by atoms with Crippen LogP contribution in [0.3, 0.4) is 0 Å². The van der Waals surface area contributed by atoms with Crippen LogP contribution in [-0.4, -0.2) is 73.6 Å². The first kappa shape index (κ1) is 37.9. The van der Waals surface area contributed by atoms with Gasteiger partial charge in [-0.1, -0.05) is 46.8 Å². The molecule has 0 amide bonds. The molecule has 2 N–H and O–H groups in total. The normalized spacial score (nSPS) is 24.9. The third-order valence-corrected chi connectivity index (χ3v) is 12.4. The van der Waals surface area contributed by atoms with E-state index in [1.54, 1.807) is 13.4 Å². The molecule has 4 atom stereocenters. The lowest BCUT2D eigenvalue weighted by Gasteiger charge is -2.45. The van der Waals surface area contributed by atoms with Crippen LogP contribution in [0.2, 0.25) is 0 Å². The van der Waals surface area contributed by atoms with E-state index >= 15 is 0 Å². The van der Waals surface area contributed by atoms with Gasteiger partial charge in [0, 0.05) is 44.2 Å². The van der Waals surface area contributed by atoms with E-state index < -0.39 is 5.79 Å². The highest BCUT2D eigenvalue weighted by Gasteiger charge is 2.55. The number of anilines is 1. The standard InChI is InChI=1S/C45H61N7O3/c1-27(2)24-51(33-19-29(20-33)10-15-39-49-36-14-12-32(44(4,5)6)22-37(36)50-39)25-31-21-38(41-40(31)54-45(7,8)55-41)52-17-16-35-42(47-26-48-43(35)52)46-23-30-11-13-34(53-9)18-28(30)3/h11-14,16-18,22,26-27,29,31,33,38,40-41H,10,15,19-21,23-25H2,1-9H3,(H,49,50)(H,46,47,48)/t29?,31-,33?,38-,40-,41+/m1/s1. The summed E-state index contributed by atoms with van der Waals surface area (Å²) in [6, 6.07) is 15.7. The number of fused-ring (bicyclic) bond motifs is 3. The second-order valence-electron chi connectivity index (χ2n) is 18.5. The van der Waals surface area contributed by atoms with Crippen molar-refractivity contribution >= 4 is 27.9 Å². The number of hydrogen-bond acceptors (Lipinski definition) is 8. The van der Waals surface area contributed by atoms with E-state index in [9.17, 15) is 0 Å². The van der Waals surface area contributed by atoms with Crippen LogP contribution in [-0.2, 0) is 27.9 Å². The molecule has 10 nitrogen and oxygen atoms in total. The number of aromatic amines is 1. The summed E-state index contributed by atoms with van der Waals surface area (Å²) in [6.45, 7) is 20.5. The Morgan fingerprint density at radius 3 is 2.58 bits per heavy atom. The third-order valence-electron chi connectivity index (χ3n) is 12.4. The van der Waals surface area contributed by atoms with Crippen molar-refractivity contribution < 1.29 is 14.2 Å². The van der Waals surface area contributed by atoms with Gasteiger partial charge in [-0.3, -0.25) is 4.90 Å². The van der Waals surface area contributed by atoms with Gasteiger partial charge in [0.2, 0.25) is 0 Å². The van der Waals surface area contributed by atoms with Gasteiger partial charge in [0.05, 0.1) is 35.7 Å². The van der Waals surface area contributed by atoms with E-state index in [0.717, 1.165) is 71.3 Å². The summed E-state index contributed by atoms with van der Waals surface area (Å²) in [7, 11) is 1.70. The van der Waals surface area contributed by atoms with Crippen LogP contribution >= 0.6 is 0 Å². The van der Waals surface area contributed by atoms with Crippen molar-refractivity contribution in [2.45, 2.75) is 130 Å². The zero-order valence-electron chi connectivity index (χ0n) is 34.4. The second kappa shape index (κ2) is 14.8. The molecule has 3 fully saturated rings. The van der Waals surface area contributed by atoms with Gasteiger partial charge in [0.1, 0.15) is 35.5 Å². The van der Waals surface area contributed by atoms with Gasteiger partial charge >= 0.3 is 0 Å². The molecule has 0 unspecified atom stereocenters. The highest BCUT2D eigenvalue weighted by atomic mass is 16.8. The van der Waals surface area contributed by atoms with Crippen molar-refractivity contribution in [3.63, 3.8) is 0 Å². The summed E-state index contributed by atoms with van der Waals surface area (Å²) in [5.74, 6) is 3.88. The number of rotatable bonds is 13. The van der Waals surface area contributed by atoms with Crippen LogP contribution in [0.25, 0.3) is 22.1 Å². The van der Waals surface area contributed by atoms with Crippen LogP contribution < -0.4 is 10.1 Å². The number of benzene rings is 2. The molecule has 55 heavy (non-hydrogen) atoms. The first-order valence-corrected chi connectivity index (χ1v) is 20.5. The van der Waals surface area contributed by atoms with Crippen molar-refractivity contribution in [1.29, 1.82) is 0 Å². The Bertz CT molecular complexity index is 2120. The van der Waals surface area contributed by atoms with Gasteiger partial charge < -0.3 is 29.1 Å². The minimum atomic E-state index is -0.622. The molecule has 3 aliphatic rings. The first-order valence-electron chi connectivity index (χ1n) is 20.5. The van der Waals surface area contributed by atoms with Gasteiger partial charge in [-0.15, -0.1) is 0 Å². The Balaban J connectivity index is 0.937.